The lowest BCUT2D eigenvalue weighted by Crippen LogP contribution is -2.54. The average Bonchev–Trinajstić information content (AvgIpc) is 2.76. The molecule has 2 amide bonds. The van der Waals surface area contributed by atoms with Gasteiger partial charge in [0.1, 0.15) is 11.0 Å². The van der Waals surface area contributed by atoms with E-state index in [4.69, 9.17) is 23.2 Å². The Labute approximate surface area is 196 Å². The predicted molar refractivity (Wildman–Crippen MR) is 125 cm³/mol. The molecule has 0 radical (unpaired) electrons. The number of carbonyl (C=O) groups excluding carboxylic acids is 2. The van der Waals surface area contributed by atoms with Crippen LogP contribution in [0.2, 0.25) is 10.2 Å². The number of benzene rings is 1. The van der Waals surface area contributed by atoms with Gasteiger partial charge in [0.05, 0.1) is 5.75 Å². The van der Waals surface area contributed by atoms with Gasteiger partial charge in [-0.25, -0.2) is 9.97 Å². The number of rotatable bonds is 7. The van der Waals surface area contributed by atoms with Gasteiger partial charge in [-0.1, -0.05) is 41.9 Å². The maximum atomic E-state index is 12.9. The van der Waals surface area contributed by atoms with E-state index >= 15 is 0 Å². The smallest absolute Gasteiger partial charge is 0.254 e. The van der Waals surface area contributed by atoms with Crippen LogP contribution in [0.25, 0.3) is 0 Å². The van der Waals surface area contributed by atoms with Crippen LogP contribution in [0.15, 0.2) is 35.5 Å². The van der Waals surface area contributed by atoms with E-state index in [0.717, 1.165) is 6.42 Å². The summed E-state index contributed by atoms with van der Waals surface area (Å²) < 4.78 is 0. The number of nitrogens with zero attached hydrogens (tertiary/aromatic N) is 4. The van der Waals surface area contributed by atoms with E-state index in [1.165, 1.54) is 11.8 Å². The van der Waals surface area contributed by atoms with Crippen molar-refractivity contribution in [2.45, 2.75) is 31.5 Å². The molecule has 1 aromatic carbocycles. The van der Waals surface area contributed by atoms with E-state index in [-0.39, 0.29) is 23.6 Å². The van der Waals surface area contributed by atoms with E-state index in [1.54, 1.807) is 30.3 Å². The first-order valence-corrected chi connectivity index (χ1v) is 11.9. The summed E-state index contributed by atoms with van der Waals surface area (Å²) in [6.07, 6.45) is 0.888. The fourth-order valence-electron chi connectivity index (χ4n) is 3.28. The van der Waals surface area contributed by atoms with Gasteiger partial charge in [-0.3, -0.25) is 9.59 Å². The van der Waals surface area contributed by atoms with Crippen molar-refractivity contribution in [1.82, 2.24) is 20.2 Å². The zero-order valence-corrected chi connectivity index (χ0v) is 19.8. The predicted octanol–water partition coefficient (Wildman–Crippen LogP) is 3.75. The number of carbonyl (C=O) groups is 2. The average molecular weight is 482 g/mol. The normalized spacial score (nSPS) is 16.3. The number of halogens is 2. The molecule has 1 aliphatic heterocycles. The Balaban J connectivity index is 1.64. The largest absolute Gasteiger partial charge is 0.355 e. The van der Waals surface area contributed by atoms with Crippen LogP contribution in [0.5, 0.6) is 0 Å². The third-order valence-corrected chi connectivity index (χ3v) is 6.16. The molecule has 7 nitrogen and oxygen atoms in total. The van der Waals surface area contributed by atoms with E-state index in [1.807, 2.05) is 18.7 Å². The third-order valence-electron chi connectivity index (χ3n) is 4.87. The number of amides is 2. The van der Waals surface area contributed by atoms with Crippen molar-refractivity contribution in [3.63, 3.8) is 0 Å². The van der Waals surface area contributed by atoms with E-state index in [2.05, 4.69) is 20.2 Å². The van der Waals surface area contributed by atoms with Crippen molar-refractivity contribution in [3.8, 4) is 0 Å². The lowest BCUT2D eigenvalue weighted by molar-refractivity contribution is -0.118. The summed E-state index contributed by atoms with van der Waals surface area (Å²) in [5, 5.41) is 4.22. The Kier molecular flexibility index (Phi) is 8.40. The first-order valence-electron chi connectivity index (χ1n) is 10.1. The summed E-state index contributed by atoms with van der Waals surface area (Å²) >= 11 is 13.4. The number of hydrogen-bond acceptors (Lipinski definition) is 6. The number of aromatic nitrogens is 2. The van der Waals surface area contributed by atoms with Gasteiger partial charge in [-0.05, 0) is 37.6 Å². The fourth-order valence-corrected chi connectivity index (χ4v) is 4.32. The molecule has 10 heteroatoms. The lowest BCUT2D eigenvalue weighted by Gasteiger charge is -2.40. The summed E-state index contributed by atoms with van der Waals surface area (Å²) in [4.78, 5) is 37.5. The Morgan fingerprint density at radius 3 is 2.61 bits per heavy atom. The first-order chi connectivity index (χ1) is 14.9. The minimum atomic E-state index is -0.0556. The van der Waals surface area contributed by atoms with Crippen molar-refractivity contribution in [2.75, 3.05) is 36.8 Å². The van der Waals surface area contributed by atoms with Crippen LogP contribution in [0, 0.1) is 0 Å². The van der Waals surface area contributed by atoms with E-state index in [0.29, 0.717) is 52.9 Å². The van der Waals surface area contributed by atoms with Crippen molar-refractivity contribution < 1.29 is 9.59 Å². The molecule has 2 heterocycles. The molecular weight excluding hydrogens is 457 g/mol. The Bertz CT molecular complexity index is 928. The Morgan fingerprint density at radius 1 is 1.19 bits per heavy atom. The summed E-state index contributed by atoms with van der Waals surface area (Å²) in [6, 6.07) is 8.64. The highest BCUT2D eigenvalue weighted by Crippen LogP contribution is 2.25. The van der Waals surface area contributed by atoms with Crippen molar-refractivity contribution in [1.29, 1.82) is 0 Å². The van der Waals surface area contributed by atoms with Gasteiger partial charge in [-0.2, -0.15) is 0 Å². The number of nitrogens with one attached hydrogen (secondary N) is 1. The second-order valence-electron chi connectivity index (χ2n) is 7.27. The molecule has 1 aliphatic rings. The SMILES string of the molecule is CCCNC(=O)CSc1nc(Cl)cc(N2CCN(C(=O)c3ccc(Cl)cc3)C(C)C2)n1. The van der Waals surface area contributed by atoms with Crippen LogP contribution >= 0.6 is 35.0 Å². The van der Waals surface area contributed by atoms with Gasteiger partial charge in [0.15, 0.2) is 5.16 Å². The van der Waals surface area contributed by atoms with Crippen molar-refractivity contribution >= 4 is 52.6 Å². The van der Waals surface area contributed by atoms with Gasteiger partial charge in [0.25, 0.3) is 5.91 Å². The highest BCUT2D eigenvalue weighted by atomic mass is 35.5. The van der Waals surface area contributed by atoms with Gasteiger partial charge >= 0.3 is 0 Å². The molecule has 0 saturated carbocycles. The molecule has 2 aromatic rings. The van der Waals surface area contributed by atoms with Gasteiger partial charge in [-0.15, -0.1) is 0 Å². The Hall–Kier alpha value is -2.03. The fraction of sp³-hybridized carbons (Fsp3) is 0.429. The minimum absolute atomic E-state index is 0.0124. The monoisotopic (exact) mass is 481 g/mol. The molecule has 1 unspecified atom stereocenters. The third kappa shape index (κ3) is 6.48. The molecule has 1 aromatic heterocycles. The first kappa shape index (κ1) is 23.6. The molecule has 1 saturated heterocycles. The molecule has 1 N–H and O–H groups in total. The minimum Gasteiger partial charge on any atom is -0.355 e. The van der Waals surface area contributed by atoms with Gasteiger partial charge in [0, 0.05) is 48.9 Å². The van der Waals surface area contributed by atoms with E-state index < -0.39 is 0 Å². The maximum Gasteiger partial charge on any atom is 0.254 e. The number of piperazine rings is 1. The van der Waals surface area contributed by atoms with Crippen LogP contribution in [0.4, 0.5) is 5.82 Å². The van der Waals surface area contributed by atoms with Crippen LogP contribution < -0.4 is 10.2 Å². The molecule has 0 bridgehead atoms. The summed E-state index contributed by atoms with van der Waals surface area (Å²) in [5.41, 5.74) is 0.620. The number of hydrogen-bond donors (Lipinski definition) is 1. The van der Waals surface area contributed by atoms with Gasteiger partial charge in [0.2, 0.25) is 5.91 Å². The molecule has 0 spiro atoms. The molecule has 3 rings (SSSR count). The topological polar surface area (TPSA) is 78.4 Å². The second-order valence-corrected chi connectivity index (χ2v) is 9.04. The van der Waals surface area contributed by atoms with Crippen LogP contribution in [-0.2, 0) is 4.79 Å². The van der Waals surface area contributed by atoms with Crippen LogP contribution in [-0.4, -0.2) is 64.7 Å². The quantitative estimate of drug-likeness (QED) is 0.368. The van der Waals surface area contributed by atoms with E-state index in [9.17, 15) is 9.59 Å². The standard InChI is InChI=1S/C21H25Cl2N5O2S/c1-3-8-24-19(29)13-31-21-25-17(23)11-18(26-21)27-9-10-28(14(2)12-27)20(30)15-4-6-16(22)7-5-15/h4-7,11,14H,3,8-10,12-13H2,1-2H3,(H,24,29). The number of anilines is 1. The highest BCUT2D eigenvalue weighted by Gasteiger charge is 2.29. The molecule has 31 heavy (non-hydrogen) atoms. The summed E-state index contributed by atoms with van der Waals surface area (Å²) in [6.45, 7) is 6.47. The molecule has 1 fully saturated rings. The molecular formula is C21H25Cl2N5O2S. The zero-order chi connectivity index (χ0) is 22.4. The van der Waals surface area contributed by atoms with Crippen LogP contribution in [0.1, 0.15) is 30.6 Å². The van der Waals surface area contributed by atoms with Crippen molar-refractivity contribution in [2.24, 2.45) is 0 Å². The molecule has 0 aliphatic carbocycles. The molecule has 1 atom stereocenters. The summed E-state index contributed by atoms with van der Waals surface area (Å²) in [7, 11) is 0. The lowest BCUT2D eigenvalue weighted by atomic mass is 10.1. The maximum absolute atomic E-state index is 12.9. The van der Waals surface area contributed by atoms with Crippen LogP contribution in [0.3, 0.4) is 0 Å². The zero-order valence-electron chi connectivity index (χ0n) is 17.5. The Morgan fingerprint density at radius 2 is 1.94 bits per heavy atom. The number of thioether (sulfide) groups is 1. The summed E-state index contributed by atoms with van der Waals surface area (Å²) in [5.74, 6) is 0.861. The van der Waals surface area contributed by atoms with Gasteiger partial charge < -0.3 is 15.1 Å². The van der Waals surface area contributed by atoms with Crippen molar-refractivity contribution in [3.05, 3.63) is 46.1 Å². The highest BCUT2D eigenvalue weighted by molar-refractivity contribution is 7.99. The molecule has 166 valence electrons. The second kappa shape index (κ2) is 11.0.